The molecule has 7 nitrogen and oxygen atoms in total. The molecule has 0 bridgehead atoms. The number of amides is 2. The molecule has 0 saturated carbocycles. The fraction of sp³-hybridized carbons (Fsp3) is 0.278. The molecular weight excluding hydrogens is 354 g/mol. The third-order valence-electron chi connectivity index (χ3n) is 4.49. The topological polar surface area (TPSA) is 86.6 Å². The number of benzene rings is 1. The number of aromatic nitrogens is 1. The lowest BCUT2D eigenvalue weighted by Gasteiger charge is -2.34. The lowest BCUT2D eigenvalue weighted by molar-refractivity contribution is -0.131. The second kappa shape index (κ2) is 6.80. The van der Waals surface area contributed by atoms with Crippen LogP contribution in [0.5, 0.6) is 0 Å². The summed E-state index contributed by atoms with van der Waals surface area (Å²) in [6, 6.07) is 8.78. The smallest absolute Gasteiger partial charge is 0.408 e. The number of thiophene rings is 1. The van der Waals surface area contributed by atoms with Crippen LogP contribution >= 0.6 is 11.3 Å². The first kappa shape index (κ1) is 16.6. The number of aromatic amines is 1. The van der Waals surface area contributed by atoms with Crippen molar-refractivity contribution in [2.24, 2.45) is 0 Å². The van der Waals surface area contributed by atoms with Crippen molar-refractivity contribution in [3.63, 3.8) is 0 Å². The lowest BCUT2D eigenvalue weighted by Crippen LogP contribution is -2.50. The summed E-state index contributed by atoms with van der Waals surface area (Å²) in [7, 11) is 0. The van der Waals surface area contributed by atoms with Gasteiger partial charge in [0.1, 0.15) is 0 Å². The zero-order chi connectivity index (χ0) is 18.1. The number of hydrogen-bond donors (Lipinski definition) is 1. The van der Waals surface area contributed by atoms with E-state index >= 15 is 0 Å². The van der Waals surface area contributed by atoms with Gasteiger partial charge in [-0.05, 0) is 29.6 Å². The van der Waals surface area contributed by atoms with Crippen molar-refractivity contribution in [1.82, 2.24) is 14.8 Å². The lowest BCUT2D eigenvalue weighted by atomic mass is 10.1. The number of nitrogens with one attached hydrogen (secondary N) is 1. The van der Waals surface area contributed by atoms with Crippen LogP contribution in [0.25, 0.3) is 11.1 Å². The van der Waals surface area contributed by atoms with E-state index in [9.17, 15) is 14.4 Å². The summed E-state index contributed by atoms with van der Waals surface area (Å²) in [5.74, 6) is -0.557. The van der Waals surface area contributed by atoms with Crippen LogP contribution in [0.3, 0.4) is 0 Å². The Kier molecular flexibility index (Phi) is 4.34. The van der Waals surface area contributed by atoms with Gasteiger partial charge in [-0.3, -0.25) is 14.6 Å². The minimum atomic E-state index is -0.539. The third kappa shape index (κ3) is 3.28. The fourth-order valence-corrected chi connectivity index (χ4v) is 3.80. The zero-order valence-electron chi connectivity index (χ0n) is 13.9. The summed E-state index contributed by atoms with van der Waals surface area (Å²) in [6.07, 6.45) is 0.413. The van der Waals surface area contributed by atoms with Gasteiger partial charge in [0, 0.05) is 36.6 Å². The van der Waals surface area contributed by atoms with E-state index in [4.69, 9.17) is 4.42 Å². The van der Waals surface area contributed by atoms with E-state index in [0.717, 1.165) is 4.88 Å². The zero-order valence-corrected chi connectivity index (χ0v) is 14.8. The normalized spacial score (nSPS) is 14.8. The molecule has 1 aliphatic heterocycles. The van der Waals surface area contributed by atoms with Crippen LogP contribution in [0.4, 0.5) is 0 Å². The molecule has 3 heterocycles. The van der Waals surface area contributed by atoms with Crippen LogP contribution in [0.15, 0.2) is 44.9 Å². The van der Waals surface area contributed by atoms with Crippen LogP contribution < -0.4 is 5.76 Å². The maximum atomic E-state index is 12.7. The monoisotopic (exact) mass is 371 g/mol. The predicted molar refractivity (Wildman–Crippen MR) is 97.3 cm³/mol. The molecule has 1 saturated heterocycles. The van der Waals surface area contributed by atoms with Gasteiger partial charge in [-0.25, -0.2) is 4.79 Å². The van der Waals surface area contributed by atoms with Crippen LogP contribution in [0, 0.1) is 0 Å². The Balaban J connectivity index is 1.39. The molecule has 8 heteroatoms. The molecule has 2 aromatic heterocycles. The molecule has 4 rings (SSSR count). The Bertz CT molecular complexity index is 997. The van der Waals surface area contributed by atoms with Crippen molar-refractivity contribution in [3.05, 3.63) is 56.7 Å². The number of piperazine rings is 1. The number of nitrogens with zero attached hydrogens (tertiary/aromatic N) is 2. The molecule has 1 aromatic carbocycles. The highest BCUT2D eigenvalue weighted by Crippen LogP contribution is 2.16. The van der Waals surface area contributed by atoms with Crippen LogP contribution in [-0.4, -0.2) is 52.8 Å². The fourth-order valence-electron chi connectivity index (χ4n) is 3.10. The Morgan fingerprint density at radius 1 is 1.12 bits per heavy atom. The summed E-state index contributed by atoms with van der Waals surface area (Å²) < 4.78 is 4.95. The molecule has 2 amide bonds. The maximum Gasteiger partial charge on any atom is 0.417 e. The minimum Gasteiger partial charge on any atom is -0.408 e. The average Bonchev–Trinajstić information content (AvgIpc) is 3.28. The molecule has 0 atom stereocenters. The highest BCUT2D eigenvalue weighted by molar-refractivity contribution is 7.10. The first-order chi connectivity index (χ1) is 12.6. The van der Waals surface area contributed by atoms with Gasteiger partial charge in [0.2, 0.25) is 5.91 Å². The van der Waals surface area contributed by atoms with Crippen molar-refractivity contribution >= 4 is 34.3 Å². The Morgan fingerprint density at radius 2 is 1.88 bits per heavy atom. The van der Waals surface area contributed by atoms with E-state index in [1.807, 2.05) is 17.5 Å². The van der Waals surface area contributed by atoms with E-state index in [1.54, 1.807) is 39.3 Å². The third-order valence-corrected chi connectivity index (χ3v) is 5.37. The van der Waals surface area contributed by atoms with Crippen LogP contribution in [-0.2, 0) is 11.2 Å². The van der Waals surface area contributed by atoms with E-state index in [0.29, 0.717) is 49.3 Å². The number of hydrogen-bond acceptors (Lipinski definition) is 5. The number of rotatable bonds is 3. The molecule has 0 aliphatic carbocycles. The summed E-state index contributed by atoms with van der Waals surface area (Å²) >= 11 is 1.58. The minimum absolute atomic E-state index is 0.0944. The van der Waals surface area contributed by atoms with Crippen molar-refractivity contribution < 1.29 is 14.0 Å². The molecule has 0 spiro atoms. The summed E-state index contributed by atoms with van der Waals surface area (Å²) in [4.78, 5) is 43.4. The highest BCUT2D eigenvalue weighted by atomic mass is 32.1. The van der Waals surface area contributed by atoms with E-state index in [2.05, 4.69) is 4.98 Å². The Hall–Kier alpha value is -2.87. The predicted octanol–water partition coefficient (Wildman–Crippen LogP) is 1.71. The van der Waals surface area contributed by atoms with Gasteiger partial charge in [-0.15, -0.1) is 11.3 Å². The van der Waals surface area contributed by atoms with Gasteiger partial charge in [0.15, 0.2) is 5.58 Å². The van der Waals surface area contributed by atoms with E-state index < -0.39 is 5.76 Å². The largest absolute Gasteiger partial charge is 0.417 e. The summed E-state index contributed by atoms with van der Waals surface area (Å²) in [6.45, 7) is 2.05. The molecule has 3 aromatic rings. The van der Waals surface area contributed by atoms with Gasteiger partial charge in [0.25, 0.3) is 5.91 Å². The molecule has 0 radical (unpaired) electrons. The molecule has 1 N–H and O–H groups in total. The molecule has 1 aliphatic rings. The molecular formula is C18H17N3O4S. The van der Waals surface area contributed by atoms with Gasteiger partial charge in [-0.2, -0.15) is 0 Å². The SMILES string of the molecule is O=C(Cc1cccs1)N1CCN(C(=O)c2ccc3oc(=O)[nH]c3c2)CC1. The molecule has 26 heavy (non-hydrogen) atoms. The van der Waals surface area contributed by atoms with Crippen molar-refractivity contribution in [2.75, 3.05) is 26.2 Å². The molecule has 134 valence electrons. The van der Waals surface area contributed by atoms with Gasteiger partial charge in [-0.1, -0.05) is 6.07 Å². The average molecular weight is 371 g/mol. The first-order valence-electron chi connectivity index (χ1n) is 8.32. The Labute approximate surface area is 152 Å². The highest BCUT2D eigenvalue weighted by Gasteiger charge is 2.25. The molecule has 0 unspecified atom stereocenters. The maximum absolute atomic E-state index is 12.7. The number of carbonyl (C=O) groups is 2. The van der Waals surface area contributed by atoms with E-state index in [-0.39, 0.29) is 11.8 Å². The van der Waals surface area contributed by atoms with Gasteiger partial charge >= 0.3 is 5.76 Å². The summed E-state index contributed by atoms with van der Waals surface area (Å²) in [5.41, 5.74) is 1.43. The second-order valence-corrected chi connectivity index (χ2v) is 7.19. The van der Waals surface area contributed by atoms with Crippen LogP contribution in [0.2, 0.25) is 0 Å². The van der Waals surface area contributed by atoms with Crippen LogP contribution in [0.1, 0.15) is 15.2 Å². The quantitative estimate of drug-likeness (QED) is 0.759. The summed E-state index contributed by atoms with van der Waals surface area (Å²) in [5, 5.41) is 1.96. The molecule has 1 fully saturated rings. The Morgan fingerprint density at radius 3 is 2.62 bits per heavy atom. The first-order valence-corrected chi connectivity index (χ1v) is 9.20. The number of H-pyrrole nitrogens is 1. The van der Waals surface area contributed by atoms with Crippen molar-refractivity contribution in [1.29, 1.82) is 0 Å². The van der Waals surface area contributed by atoms with E-state index in [1.165, 1.54) is 0 Å². The number of carbonyl (C=O) groups excluding carboxylic acids is 2. The standard InChI is InChI=1S/C18H17N3O4S/c22-16(11-13-2-1-9-26-13)20-5-7-21(8-6-20)17(23)12-3-4-15-14(10-12)19-18(24)25-15/h1-4,9-10H,5-8,11H2,(H,19,24). The number of fused-ring (bicyclic) bond motifs is 1. The van der Waals surface area contributed by atoms with Gasteiger partial charge < -0.3 is 14.2 Å². The van der Waals surface area contributed by atoms with Gasteiger partial charge in [0.05, 0.1) is 11.9 Å². The number of oxazole rings is 1. The second-order valence-electron chi connectivity index (χ2n) is 6.15. The van der Waals surface area contributed by atoms with Crippen molar-refractivity contribution in [3.8, 4) is 0 Å². The van der Waals surface area contributed by atoms with Crippen molar-refractivity contribution in [2.45, 2.75) is 6.42 Å².